The smallest absolute Gasteiger partial charge is 0.141 e. The predicted octanol–water partition coefficient (Wildman–Crippen LogP) is 4.83. The SMILES string of the molecule is CCC(C)c1ccc(Cn2c(C(C)(C)O)nc3ccccc32)cc1. The molecule has 1 heterocycles. The molecule has 0 saturated heterocycles. The van der Waals surface area contributed by atoms with Crippen LogP contribution in [0.1, 0.15) is 57.0 Å². The fourth-order valence-electron chi connectivity index (χ4n) is 3.07. The number of hydrogen-bond donors (Lipinski definition) is 1. The van der Waals surface area contributed by atoms with Crippen molar-refractivity contribution in [2.24, 2.45) is 0 Å². The van der Waals surface area contributed by atoms with Crippen LogP contribution in [0.5, 0.6) is 0 Å². The van der Waals surface area contributed by atoms with Crippen molar-refractivity contribution in [3.8, 4) is 0 Å². The van der Waals surface area contributed by atoms with E-state index >= 15 is 0 Å². The molecule has 1 N–H and O–H groups in total. The topological polar surface area (TPSA) is 38.0 Å². The molecule has 0 aliphatic heterocycles. The lowest BCUT2D eigenvalue weighted by molar-refractivity contribution is 0.0657. The van der Waals surface area contributed by atoms with Crippen LogP contribution in [0.2, 0.25) is 0 Å². The van der Waals surface area contributed by atoms with Crippen molar-refractivity contribution in [2.75, 3.05) is 0 Å². The fourth-order valence-corrected chi connectivity index (χ4v) is 3.07. The highest BCUT2D eigenvalue weighted by Gasteiger charge is 2.24. The number of fused-ring (bicyclic) bond motifs is 1. The van der Waals surface area contributed by atoms with Crippen LogP contribution in [0.25, 0.3) is 11.0 Å². The molecule has 3 heteroatoms. The van der Waals surface area contributed by atoms with E-state index in [4.69, 9.17) is 0 Å². The quantitative estimate of drug-likeness (QED) is 0.731. The van der Waals surface area contributed by atoms with E-state index in [0.717, 1.165) is 17.5 Å². The van der Waals surface area contributed by atoms with Gasteiger partial charge in [0.25, 0.3) is 0 Å². The van der Waals surface area contributed by atoms with Crippen molar-refractivity contribution < 1.29 is 5.11 Å². The van der Waals surface area contributed by atoms with Crippen LogP contribution in [0.4, 0.5) is 0 Å². The lowest BCUT2D eigenvalue weighted by Crippen LogP contribution is -2.22. The van der Waals surface area contributed by atoms with Crippen molar-refractivity contribution >= 4 is 11.0 Å². The molecular weight excluding hydrogens is 296 g/mol. The largest absolute Gasteiger partial charge is 0.383 e. The number of hydrogen-bond acceptors (Lipinski definition) is 2. The Bertz CT molecular complexity index is 825. The van der Waals surface area contributed by atoms with Gasteiger partial charge in [-0.25, -0.2) is 4.98 Å². The number of benzene rings is 2. The first-order chi connectivity index (χ1) is 11.4. The molecule has 3 rings (SSSR count). The van der Waals surface area contributed by atoms with E-state index in [9.17, 15) is 5.11 Å². The molecule has 3 aromatic rings. The van der Waals surface area contributed by atoms with E-state index in [1.54, 1.807) is 13.8 Å². The van der Waals surface area contributed by atoms with Crippen molar-refractivity contribution in [3.63, 3.8) is 0 Å². The Morgan fingerprint density at radius 3 is 2.38 bits per heavy atom. The zero-order valence-electron chi connectivity index (χ0n) is 15.0. The second-order valence-electron chi connectivity index (χ2n) is 7.12. The molecule has 0 spiro atoms. The van der Waals surface area contributed by atoms with Crippen LogP contribution in [0.3, 0.4) is 0 Å². The van der Waals surface area contributed by atoms with E-state index in [2.05, 4.69) is 53.7 Å². The molecule has 3 nitrogen and oxygen atoms in total. The van der Waals surface area contributed by atoms with Gasteiger partial charge in [-0.2, -0.15) is 0 Å². The highest BCUT2D eigenvalue weighted by Crippen LogP contribution is 2.26. The third-order valence-corrected chi connectivity index (χ3v) is 4.70. The summed E-state index contributed by atoms with van der Waals surface area (Å²) in [5.41, 5.74) is 3.59. The highest BCUT2D eigenvalue weighted by molar-refractivity contribution is 5.76. The lowest BCUT2D eigenvalue weighted by atomic mass is 9.97. The maximum atomic E-state index is 10.5. The van der Waals surface area contributed by atoms with E-state index in [0.29, 0.717) is 18.3 Å². The van der Waals surface area contributed by atoms with Gasteiger partial charge in [-0.1, -0.05) is 50.2 Å². The average Bonchev–Trinajstić information content (AvgIpc) is 2.94. The Morgan fingerprint density at radius 2 is 1.75 bits per heavy atom. The third-order valence-electron chi connectivity index (χ3n) is 4.70. The summed E-state index contributed by atoms with van der Waals surface area (Å²) in [6.45, 7) is 8.75. The van der Waals surface area contributed by atoms with Gasteiger partial charge in [0.05, 0.1) is 11.0 Å². The van der Waals surface area contributed by atoms with Gasteiger partial charge in [0, 0.05) is 6.54 Å². The van der Waals surface area contributed by atoms with Gasteiger partial charge >= 0.3 is 0 Å². The molecule has 0 aliphatic rings. The monoisotopic (exact) mass is 322 g/mol. The van der Waals surface area contributed by atoms with Crippen molar-refractivity contribution in [1.29, 1.82) is 0 Å². The first-order valence-electron chi connectivity index (χ1n) is 8.67. The van der Waals surface area contributed by atoms with Gasteiger partial charge in [-0.3, -0.25) is 0 Å². The maximum Gasteiger partial charge on any atom is 0.141 e. The molecule has 1 atom stereocenters. The molecule has 0 saturated carbocycles. The number of aromatic nitrogens is 2. The maximum absolute atomic E-state index is 10.5. The van der Waals surface area contributed by atoms with Crippen LogP contribution >= 0.6 is 0 Å². The van der Waals surface area contributed by atoms with Gasteiger partial charge in [0.2, 0.25) is 0 Å². The Morgan fingerprint density at radius 1 is 1.08 bits per heavy atom. The normalized spacial score (nSPS) is 13.4. The van der Waals surface area contributed by atoms with E-state index in [1.165, 1.54) is 11.1 Å². The molecule has 0 aliphatic carbocycles. The number of para-hydroxylation sites is 2. The van der Waals surface area contributed by atoms with Gasteiger partial charge in [-0.15, -0.1) is 0 Å². The molecule has 0 radical (unpaired) electrons. The summed E-state index contributed by atoms with van der Waals surface area (Å²) in [5.74, 6) is 1.29. The molecule has 0 bridgehead atoms. The summed E-state index contributed by atoms with van der Waals surface area (Å²) in [6, 6.07) is 16.8. The standard InChI is InChI=1S/C21H26N2O/c1-5-15(2)17-12-10-16(11-13-17)14-23-19-9-7-6-8-18(19)22-20(23)21(3,4)24/h6-13,15,24H,5,14H2,1-4H3. The molecule has 0 amide bonds. The zero-order chi connectivity index (χ0) is 17.3. The average molecular weight is 322 g/mol. The molecule has 2 aromatic carbocycles. The van der Waals surface area contributed by atoms with Crippen LogP contribution in [-0.4, -0.2) is 14.7 Å². The molecule has 1 unspecified atom stereocenters. The van der Waals surface area contributed by atoms with Crippen LogP contribution in [-0.2, 0) is 12.1 Å². The van der Waals surface area contributed by atoms with E-state index in [-0.39, 0.29) is 0 Å². The molecule has 126 valence electrons. The Balaban J connectivity index is 2.00. The Kier molecular flexibility index (Phi) is 4.46. The summed E-state index contributed by atoms with van der Waals surface area (Å²) in [4.78, 5) is 4.65. The van der Waals surface area contributed by atoms with Gasteiger partial charge < -0.3 is 9.67 Å². The Hall–Kier alpha value is -2.13. The molecular formula is C21H26N2O. The van der Waals surface area contributed by atoms with Gasteiger partial charge in [-0.05, 0) is 49.4 Å². The number of aliphatic hydroxyl groups is 1. The van der Waals surface area contributed by atoms with Gasteiger partial charge in [0.1, 0.15) is 11.4 Å². The highest BCUT2D eigenvalue weighted by atomic mass is 16.3. The van der Waals surface area contributed by atoms with Crippen LogP contribution in [0, 0.1) is 0 Å². The summed E-state index contributed by atoms with van der Waals surface area (Å²) < 4.78 is 2.12. The summed E-state index contributed by atoms with van der Waals surface area (Å²) in [6.07, 6.45) is 1.15. The minimum atomic E-state index is -0.977. The second kappa shape index (κ2) is 6.40. The second-order valence-corrected chi connectivity index (χ2v) is 7.12. The summed E-state index contributed by atoms with van der Waals surface area (Å²) in [5, 5.41) is 10.5. The fraction of sp³-hybridized carbons (Fsp3) is 0.381. The van der Waals surface area contributed by atoms with Gasteiger partial charge in [0.15, 0.2) is 0 Å². The summed E-state index contributed by atoms with van der Waals surface area (Å²) in [7, 11) is 0. The first-order valence-corrected chi connectivity index (χ1v) is 8.67. The Labute approximate surface area is 144 Å². The van der Waals surface area contributed by atoms with Crippen LogP contribution in [0.15, 0.2) is 48.5 Å². The zero-order valence-corrected chi connectivity index (χ0v) is 15.0. The number of imidazole rings is 1. The number of nitrogens with zero attached hydrogens (tertiary/aromatic N) is 2. The molecule has 24 heavy (non-hydrogen) atoms. The van der Waals surface area contributed by atoms with E-state index < -0.39 is 5.60 Å². The molecule has 0 fully saturated rings. The van der Waals surface area contributed by atoms with Crippen molar-refractivity contribution in [1.82, 2.24) is 9.55 Å². The molecule has 1 aromatic heterocycles. The first kappa shape index (κ1) is 16.7. The predicted molar refractivity (Wildman–Crippen MR) is 99.2 cm³/mol. The number of rotatable bonds is 5. The van der Waals surface area contributed by atoms with Crippen LogP contribution < -0.4 is 0 Å². The summed E-state index contributed by atoms with van der Waals surface area (Å²) >= 11 is 0. The minimum absolute atomic E-state index is 0.583. The van der Waals surface area contributed by atoms with Crippen molar-refractivity contribution in [3.05, 3.63) is 65.5 Å². The lowest BCUT2D eigenvalue weighted by Gasteiger charge is -2.19. The van der Waals surface area contributed by atoms with E-state index in [1.807, 2.05) is 18.2 Å². The minimum Gasteiger partial charge on any atom is -0.383 e. The third kappa shape index (κ3) is 3.22. The van der Waals surface area contributed by atoms with Crippen molar-refractivity contribution in [2.45, 2.75) is 52.2 Å².